The number of carboxylic acid groups (broad SMARTS) is 1. The number of hydrogen-bond acceptors (Lipinski definition) is 9. The van der Waals surface area contributed by atoms with Gasteiger partial charge >= 0.3 is 23.9 Å². The summed E-state index contributed by atoms with van der Waals surface area (Å²) < 4.78 is 8.57. The maximum absolute atomic E-state index is 11.3. The molecule has 0 fully saturated rings. The van der Waals surface area contributed by atoms with Crippen LogP contribution in [0.1, 0.15) is 32.1 Å². The molecule has 10 heteroatoms. The highest BCUT2D eigenvalue weighted by Crippen LogP contribution is 2.05. The molecule has 0 bridgehead atoms. The van der Waals surface area contributed by atoms with Crippen LogP contribution in [0.3, 0.4) is 0 Å². The average Bonchev–Trinajstić information content (AvgIpc) is 2.42. The number of ether oxygens (including phenoxy) is 2. The van der Waals surface area contributed by atoms with E-state index in [4.69, 9.17) is 10.2 Å². The van der Waals surface area contributed by atoms with E-state index in [0.29, 0.717) is 0 Å². The second-order valence-corrected chi connectivity index (χ2v) is 4.22. The van der Waals surface area contributed by atoms with Crippen molar-refractivity contribution < 1.29 is 49.1 Å². The fourth-order valence-corrected chi connectivity index (χ4v) is 1.21. The first-order valence-electron chi connectivity index (χ1n) is 6.39. The molecule has 2 atom stereocenters. The first kappa shape index (κ1) is 20.0. The molecule has 0 aromatic carbocycles. The molecule has 0 aromatic heterocycles. The largest absolute Gasteiger partial charge is 0.481 e. The Hall–Kier alpha value is -2.04. The summed E-state index contributed by atoms with van der Waals surface area (Å²) in [5.41, 5.74) is 0. The maximum Gasteiger partial charge on any atom is 0.337 e. The molecule has 4 N–H and O–H groups in total. The van der Waals surface area contributed by atoms with Crippen molar-refractivity contribution in [1.82, 2.24) is 0 Å². The second-order valence-electron chi connectivity index (χ2n) is 4.22. The fraction of sp³-hybridized carbons (Fsp3) is 0.667. The molecule has 0 heterocycles. The molecule has 0 amide bonds. The van der Waals surface area contributed by atoms with Crippen LogP contribution in [0.15, 0.2) is 0 Å². The number of rotatable bonds is 10. The SMILES string of the molecule is O=C(O)CCC(=O)OC(=O)CC(O)C(=O)OC(O)CCCO. The lowest BCUT2D eigenvalue weighted by molar-refractivity contribution is -0.182. The highest BCUT2D eigenvalue weighted by atomic mass is 16.6. The topological polar surface area (TPSA) is 168 Å². The lowest BCUT2D eigenvalue weighted by Crippen LogP contribution is -2.31. The van der Waals surface area contributed by atoms with Crippen LogP contribution in [0.2, 0.25) is 0 Å². The number of aliphatic carboxylic acids is 1. The predicted octanol–water partition coefficient (Wildman–Crippen LogP) is -1.69. The molecule has 22 heavy (non-hydrogen) atoms. The van der Waals surface area contributed by atoms with Crippen LogP contribution in [0.25, 0.3) is 0 Å². The van der Waals surface area contributed by atoms with Gasteiger partial charge in [-0.3, -0.25) is 14.4 Å². The first-order valence-corrected chi connectivity index (χ1v) is 6.39. The van der Waals surface area contributed by atoms with Gasteiger partial charge in [0.1, 0.15) is 0 Å². The van der Waals surface area contributed by atoms with Gasteiger partial charge < -0.3 is 29.9 Å². The predicted molar refractivity (Wildman–Crippen MR) is 67.0 cm³/mol. The van der Waals surface area contributed by atoms with E-state index in [-0.39, 0.29) is 19.4 Å². The van der Waals surface area contributed by atoms with Crippen molar-refractivity contribution in [3.63, 3.8) is 0 Å². The van der Waals surface area contributed by atoms with Crippen molar-refractivity contribution in [3.8, 4) is 0 Å². The van der Waals surface area contributed by atoms with E-state index in [2.05, 4.69) is 9.47 Å². The molecule has 0 aliphatic heterocycles. The number of hydrogen-bond donors (Lipinski definition) is 4. The molecule has 0 radical (unpaired) electrons. The molecule has 10 nitrogen and oxygen atoms in total. The molecular weight excluding hydrogens is 304 g/mol. The average molecular weight is 322 g/mol. The summed E-state index contributed by atoms with van der Waals surface area (Å²) in [4.78, 5) is 43.7. The van der Waals surface area contributed by atoms with Gasteiger partial charge in [0, 0.05) is 13.0 Å². The Morgan fingerprint density at radius 1 is 1.00 bits per heavy atom. The third-order valence-corrected chi connectivity index (χ3v) is 2.26. The lowest BCUT2D eigenvalue weighted by Gasteiger charge is -2.14. The zero-order valence-electron chi connectivity index (χ0n) is 11.6. The quantitative estimate of drug-likeness (QED) is 0.207. The number of esters is 3. The molecular formula is C12H18O10. The summed E-state index contributed by atoms with van der Waals surface area (Å²) >= 11 is 0. The molecule has 126 valence electrons. The highest BCUT2D eigenvalue weighted by Gasteiger charge is 2.25. The van der Waals surface area contributed by atoms with Crippen LogP contribution in [0.4, 0.5) is 0 Å². The van der Waals surface area contributed by atoms with Crippen LogP contribution < -0.4 is 0 Å². The third kappa shape index (κ3) is 9.80. The Morgan fingerprint density at radius 3 is 2.18 bits per heavy atom. The number of carbonyl (C=O) groups excluding carboxylic acids is 3. The molecule has 0 saturated heterocycles. The number of aliphatic hydroxyl groups is 3. The van der Waals surface area contributed by atoms with E-state index in [1.54, 1.807) is 0 Å². The molecule has 0 saturated carbocycles. The minimum absolute atomic E-state index is 0.0485. The van der Waals surface area contributed by atoms with Crippen molar-refractivity contribution in [2.75, 3.05) is 6.61 Å². The minimum atomic E-state index is -1.94. The Kier molecular flexibility index (Phi) is 9.67. The van der Waals surface area contributed by atoms with Gasteiger partial charge in [-0.05, 0) is 6.42 Å². The zero-order chi connectivity index (χ0) is 17.1. The molecule has 0 rings (SSSR count). The van der Waals surface area contributed by atoms with Crippen LogP contribution in [-0.4, -0.2) is 63.3 Å². The molecule has 0 aliphatic carbocycles. The summed E-state index contributed by atoms with van der Waals surface area (Å²) in [6.07, 6.45) is -5.29. The van der Waals surface area contributed by atoms with E-state index in [9.17, 15) is 29.4 Å². The number of carbonyl (C=O) groups is 4. The molecule has 0 aromatic rings. The maximum atomic E-state index is 11.3. The van der Waals surface area contributed by atoms with Crippen molar-refractivity contribution in [2.24, 2.45) is 0 Å². The summed E-state index contributed by atoms with van der Waals surface area (Å²) in [5.74, 6) is -4.87. The Balaban J connectivity index is 4.09. The Morgan fingerprint density at radius 2 is 1.64 bits per heavy atom. The van der Waals surface area contributed by atoms with E-state index >= 15 is 0 Å². The zero-order valence-corrected chi connectivity index (χ0v) is 11.6. The summed E-state index contributed by atoms with van der Waals surface area (Å²) in [6.45, 7) is -0.220. The van der Waals surface area contributed by atoms with Gasteiger partial charge in [0.05, 0.1) is 19.3 Å². The monoisotopic (exact) mass is 322 g/mol. The first-order chi connectivity index (χ1) is 10.3. The summed E-state index contributed by atoms with van der Waals surface area (Å²) in [6, 6.07) is 0. The Labute approximate surface area is 125 Å². The van der Waals surface area contributed by atoms with Crippen molar-refractivity contribution in [1.29, 1.82) is 0 Å². The van der Waals surface area contributed by atoms with Crippen LogP contribution in [0.5, 0.6) is 0 Å². The van der Waals surface area contributed by atoms with Crippen molar-refractivity contribution >= 4 is 23.9 Å². The number of aliphatic hydroxyl groups excluding tert-OH is 3. The third-order valence-electron chi connectivity index (χ3n) is 2.26. The van der Waals surface area contributed by atoms with Gasteiger partial charge in [-0.2, -0.15) is 0 Å². The van der Waals surface area contributed by atoms with Crippen LogP contribution >= 0.6 is 0 Å². The van der Waals surface area contributed by atoms with Crippen LogP contribution in [-0.2, 0) is 28.7 Å². The van der Waals surface area contributed by atoms with Crippen molar-refractivity contribution in [2.45, 2.75) is 44.5 Å². The van der Waals surface area contributed by atoms with E-state index in [0.717, 1.165) is 0 Å². The number of carboxylic acids is 1. The fourth-order valence-electron chi connectivity index (χ4n) is 1.21. The van der Waals surface area contributed by atoms with E-state index in [1.807, 2.05) is 0 Å². The summed E-state index contributed by atoms with van der Waals surface area (Å²) in [7, 11) is 0. The lowest BCUT2D eigenvalue weighted by atomic mass is 10.2. The summed E-state index contributed by atoms with van der Waals surface area (Å²) in [5, 5.41) is 35.4. The van der Waals surface area contributed by atoms with Gasteiger partial charge in [-0.1, -0.05) is 0 Å². The molecule has 0 aliphatic rings. The van der Waals surface area contributed by atoms with Gasteiger partial charge in [0.25, 0.3) is 0 Å². The smallest absolute Gasteiger partial charge is 0.337 e. The molecule has 2 unspecified atom stereocenters. The van der Waals surface area contributed by atoms with Crippen molar-refractivity contribution in [3.05, 3.63) is 0 Å². The standard InChI is InChI=1S/C12H18O10/c13-5-1-2-9(17)22-12(20)7(14)6-11(19)21-10(18)4-3-8(15)16/h7,9,13-14,17H,1-6H2,(H,15,16). The minimum Gasteiger partial charge on any atom is -0.481 e. The second kappa shape index (κ2) is 10.7. The van der Waals surface area contributed by atoms with E-state index < -0.39 is 55.5 Å². The van der Waals surface area contributed by atoms with Gasteiger partial charge in [0.15, 0.2) is 6.10 Å². The highest BCUT2D eigenvalue weighted by molar-refractivity contribution is 5.89. The van der Waals surface area contributed by atoms with E-state index in [1.165, 1.54) is 0 Å². The van der Waals surface area contributed by atoms with Gasteiger partial charge in [-0.15, -0.1) is 0 Å². The normalized spacial score (nSPS) is 13.0. The van der Waals surface area contributed by atoms with Crippen LogP contribution in [0, 0.1) is 0 Å². The van der Waals surface area contributed by atoms with Gasteiger partial charge in [-0.25, -0.2) is 4.79 Å². The van der Waals surface area contributed by atoms with Gasteiger partial charge in [0.2, 0.25) is 6.29 Å². The Bertz CT molecular complexity index is 405. The molecule has 0 spiro atoms.